The van der Waals surface area contributed by atoms with Crippen LogP contribution in [0.4, 0.5) is 5.69 Å². The van der Waals surface area contributed by atoms with E-state index >= 15 is 0 Å². The first-order valence-electron chi connectivity index (χ1n) is 3.18. The summed E-state index contributed by atoms with van der Waals surface area (Å²) in [6, 6.07) is 7.94. The van der Waals surface area contributed by atoms with Crippen LogP contribution in [-0.2, 0) is 6.42 Å². The molecule has 10 heavy (non-hydrogen) atoms. The van der Waals surface area contributed by atoms with Gasteiger partial charge < -0.3 is 11.9 Å². The Balaban J connectivity index is 0.000000810. The van der Waals surface area contributed by atoms with E-state index in [1.807, 2.05) is 18.2 Å². The molecular formula is C8H14N2. The number of nitrogens with two attached hydrogens (primary N) is 1. The summed E-state index contributed by atoms with van der Waals surface area (Å²) in [6.07, 6.45) is 1.02. The maximum Gasteiger partial charge on any atom is 0.0346 e. The first-order chi connectivity index (χ1) is 4.34. The van der Waals surface area contributed by atoms with Crippen molar-refractivity contribution in [3.8, 4) is 0 Å². The van der Waals surface area contributed by atoms with Crippen LogP contribution in [-0.4, -0.2) is 0 Å². The lowest BCUT2D eigenvalue weighted by Crippen LogP contribution is -1.90. The van der Waals surface area contributed by atoms with Gasteiger partial charge in [-0.3, -0.25) is 0 Å². The molecule has 0 saturated heterocycles. The lowest BCUT2D eigenvalue weighted by Gasteiger charge is -1.98. The first-order valence-corrected chi connectivity index (χ1v) is 3.18. The van der Waals surface area contributed by atoms with Gasteiger partial charge in [0, 0.05) is 5.69 Å². The van der Waals surface area contributed by atoms with Crippen molar-refractivity contribution < 1.29 is 0 Å². The summed E-state index contributed by atoms with van der Waals surface area (Å²) >= 11 is 0. The second kappa shape index (κ2) is 3.90. The van der Waals surface area contributed by atoms with Gasteiger partial charge in [0.15, 0.2) is 0 Å². The molecule has 0 saturated carbocycles. The molecule has 2 nitrogen and oxygen atoms in total. The highest BCUT2D eigenvalue weighted by atomic mass is 14.5. The average molecular weight is 138 g/mol. The van der Waals surface area contributed by atoms with Crippen LogP contribution in [0.5, 0.6) is 0 Å². The average Bonchev–Trinajstić information content (AvgIpc) is 1.89. The van der Waals surface area contributed by atoms with Gasteiger partial charge in [-0.25, -0.2) is 0 Å². The Morgan fingerprint density at radius 3 is 2.30 bits per heavy atom. The second-order valence-electron chi connectivity index (χ2n) is 2.05. The summed E-state index contributed by atoms with van der Waals surface area (Å²) in [5.41, 5.74) is 7.77. The minimum Gasteiger partial charge on any atom is -0.399 e. The smallest absolute Gasteiger partial charge is 0.0346 e. The molecular weight excluding hydrogens is 124 g/mol. The lowest BCUT2D eigenvalue weighted by atomic mass is 10.1. The van der Waals surface area contributed by atoms with Crippen molar-refractivity contribution in [3.63, 3.8) is 0 Å². The Morgan fingerprint density at radius 1 is 1.30 bits per heavy atom. The van der Waals surface area contributed by atoms with Crippen molar-refractivity contribution in [1.82, 2.24) is 6.15 Å². The van der Waals surface area contributed by atoms with Crippen LogP contribution in [0.3, 0.4) is 0 Å². The van der Waals surface area contributed by atoms with Gasteiger partial charge in [-0.1, -0.05) is 25.1 Å². The largest absolute Gasteiger partial charge is 0.399 e. The van der Waals surface area contributed by atoms with Crippen LogP contribution in [0.25, 0.3) is 0 Å². The van der Waals surface area contributed by atoms with E-state index < -0.39 is 0 Å². The molecule has 56 valence electrons. The van der Waals surface area contributed by atoms with Crippen molar-refractivity contribution in [1.29, 1.82) is 0 Å². The van der Waals surface area contributed by atoms with Crippen LogP contribution in [0.2, 0.25) is 0 Å². The van der Waals surface area contributed by atoms with Gasteiger partial charge in [-0.05, 0) is 18.1 Å². The molecule has 0 aliphatic carbocycles. The predicted octanol–water partition coefficient (Wildman–Crippen LogP) is 1.99. The number of hydrogen-bond donors (Lipinski definition) is 2. The summed E-state index contributed by atoms with van der Waals surface area (Å²) in [5, 5.41) is 0. The van der Waals surface area contributed by atoms with E-state index in [1.165, 1.54) is 5.56 Å². The van der Waals surface area contributed by atoms with Crippen LogP contribution < -0.4 is 11.9 Å². The summed E-state index contributed by atoms with van der Waals surface area (Å²) in [7, 11) is 0. The molecule has 1 rings (SSSR count). The zero-order valence-corrected chi connectivity index (χ0v) is 6.30. The van der Waals surface area contributed by atoms with Crippen molar-refractivity contribution in [2.75, 3.05) is 5.73 Å². The summed E-state index contributed by atoms with van der Waals surface area (Å²) in [5.74, 6) is 0. The number of rotatable bonds is 1. The Kier molecular flexibility index (Phi) is 3.51. The highest BCUT2D eigenvalue weighted by molar-refractivity contribution is 5.46. The van der Waals surface area contributed by atoms with Crippen LogP contribution in [0.1, 0.15) is 12.5 Å². The molecule has 0 aromatic heterocycles. The zero-order chi connectivity index (χ0) is 6.69. The van der Waals surface area contributed by atoms with E-state index in [4.69, 9.17) is 5.73 Å². The number of para-hydroxylation sites is 1. The number of anilines is 1. The Hall–Kier alpha value is -1.02. The van der Waals surface area contributed by atoms with E-state index in [2.05, 4.69) is 13.0 Å². The van der Waals surface area contributed by atoms with E-state index in [-0.39, 0.29) is 6.15 Å². The fourth-order valence-corrected chi connectivity index (χ4v) is 0.856. The number of benzene rings is 1. The molecule has 0 aliphatic rings. The van der Waals surface area contributed by atoms with E-state index in [0.29, 0.717) is 0 Å². The Bertz CT molecular complexity index is 196. The molecule has 0 fully saturated rings. The predicted molar refractivity (Wildman–Crippen MR) is 45.3 cm³/mol. The lowest BCUT2D eigenvalue weighted by molar-refractivity contribution is 1.14. The van der Waals surface area contributed by atoms with Crippen LogP contribution >= 0.6 is 0 Å². The Morgan fingerprint density at radius 2 is 1.90 bits per heavy atom. The topological polar surface area (TPSA) is 61.0 Å². The summed E-state index contributed by atoms with van der Waals surface area (Å²) < 4.78 is 0. The maximum absolute atomic E-state index is 5.63. The Labute approximate surface area is 61.6 Å². The molecule has 0 unspecified atom stereocenters. The molecule has 0 heterocycles. The van der Waals surface area contributed by atoms with E-state index in [0.717, 1.165) is 12.1 Å². The van der Waals surface area contributed by atoms with Crippen LogP contribution in [0, 0.1) is 0 Å². The van der Waals surface area contributed by atoms with Gasteiger partial charge in [-0.15, -0.1) is 0 Å². The highest BCUT2D eigenvalue weighted by Gasteiger charge is 1.90. The van der Waals surface area contributed by atoms with Gasteiger partial charge in [0.05, 0.1) is 0 Å². The van der Waals surface area contributed by atoms with Gasteiger partial charge in [-0.2, -0.15) is 0 Å². The quantitative estimate of drug-likeness (QED) is 0.583. The van der Waals surface area contributed by atoms with Crippen molar-refractivity contribution >= 4 is 5.69 Å². The second-order valence-corrected chi connectivity index (χ2v) is 2.05. The molecule has 5 N–H and O–H groups in total. The zero-order valence-electron chi connectivity index (χ0n) is 6.30. The fraction of sp³-hybridized carbons (Fsp3) is 0.250. The molecule has 2 heteroatoms. The fourth-order valence-electron chi connectivity index (χ4n) is 0.856. The van der Waals surface area contributed by atoms with Gasteiger partial charge in [0.1, 0.15) is 0 Å². The molecule has 0 spiro atoms. The SMILES string of the molecule is CCc1ccccc1N.N. The number of aryl methyl sites for hydroxylation is 1. The molecule has 0 atom stereocenters. The third-order valence-electron chi connectivity index (χ3n) is 1.44. The van der Waals surface area contributed by atoms with E-state index in [1.54, 1.807) is 0 Å². The summed E-state index contributed by atoms with van der Waals surface area (Å²) in [4.78, 5) is 0. The normalized spacial score (nSPS) is 8.50. The van der Waals surface area contributed by atoms with E-state index in [9.17, 15) is 0 Å². The molecule has 0 radical (unpaired) electrons. The van der Waals surface area contributed by atoms with Gasteiger partial charge in [0.25, 0.3) is 0 Å². The number of nitrogen functional groups attached to an aromatic ring is 1. The third-order valence-corrected chi connectivity index (χ3v) is 1.44. The molecule has 1 aromatic rings. The van der Waals surface area contributed by atoms with Crippen molar-refractivity contribution in [2.45, 2.75) is 13.3 Å². The highest BCUT2D eigenvalue weighted by Crippen LogP contribution is 2.09. The van der Waals surface area contributed by atoms with Crippen molar-refractivity contribution in [2.24, 2.45) is 0 Å². The minimum absolute atomic E-state index is 0. The monoisotopic (exact) mass is 138 g/mol. The van der Waals surface area contributed by atoms with Crippen LogP contribution in [0.15, 0.2) is 24.3 Å². The first kappa shape index (κ1) is 8.98. The molecule has 0 bridgehead atoms. The third kappa shape index (κ3) is 1.74. The van der Waals surface area contributed by atoms with Gasteiger partial charge >= 0.3 is 0 Å². The standard InChI is InChI=1S/C8H11N.H3N/c1-2-7-5-3-4-6-8(7)9;/h3-6H,2,9H2,1H3;1H3. The minimum atomic E-state index is 0. The molecule has 1 aromatic carbocycles. The van der Waals surface area contributed by atoms with Crippen molar-refractivity contribution in [3.05, 3.63) is 29.8 Å². The maximum atomic E-state index is 5.63. The molecule has 0 aliphatic heterocycles. The van der Waals surface area contributed by atoms with Gasteiger partial charge in [0.2, 0.25) is 0 Å². The molecule has 0 amide bonds. The number of hydrogen-bond acceptors (Lipinski definition) is 2. The summed E-state index contributed by atoms with van der Waals surface area (Å²) in [6.45, 7) is 2.10.